The number of hydrogen-bond donors (Lipinski definition) is 1. The van der Waals surface area contributed by atoms with Crippen LogP contribution in [0.2, 0.25) is 0 Å². The molecule has 0 aromatic carbocycles. The summed E-state index contributed by atoms with van der Waals surface area (Å²) < 4.78 is 11.3. The second-order valence-electron chi connectivity index (χ2n) is 3.51. The van der Waals surface area contributed by atoms with Gasteiger partial charge in [-0.2, -0.15) is 0 Å². The summed E-state index contributed by atoms with van der Waals surface area (Å²) in [5.41, 5.74) is 5.97. The van der Waals surface area contributed by atoms with E-state index in [0.29, 0.717) is 12.4 Å². The van der Waals surface area contributed by atoms with Gasteiger partial charge in [-0.1, -0.05) is 0 Å². The maximum atomic E-state index is 11.3. The standard InChI is InChI=1S/C10H17N3O3/c1-7(4-5-15-2)13-6-12-8(9(13)11)10(14)16-3/h6-7H,4-5,11H2,1-3H3. The summed E-state index contributed by atoms with van der Waals surface area (Å²) in [4.78, 5) is 15.2. The third-order valence-corrected chi connectivity index (χ3v) is 2.43. The van der Waals surface area contributed by atoms with Crippen LogP contribution in [0.1, 0.15) is 29.9 Å². The zero-order valence-electron chi connectivity index (χ0n) is 9.77. The van der Waals surface area contributed by atoms with Crippen molar-refractivity contribution >= 4 is 11.8 Å². The van der Waals surface area contributed by atoms with Gasteiger partial charge in [-0.15, -0.1) is 0 Å². The largest absolute Gasteiger partial charge is 0.464 e. The van der Waals surface area contributed by atoms with Crippen molar-refractivity contribution in [3.05, 3.63) is 12.0 Å². The first-order chi connectivity index (χ1) is 7.61. The average molecular weight is 227 g/mol. The Kier molecular flexibility index (Phi) is 4.30. The minimum absolute atomic E-state index is 0.130. The first-order valence-electron chi connectivity index (χ1n) is 5.01. The van der Waals surface area contributed by atoms with Crippen molar-refractivity contribution in [1.82, 2.24) is 9.55 Å². The summed E-state index contributed by atoms with van der Waals surface area (Å²) in [7, 11) is 2.94. The van der Waals surface area contributed by atoms with E-state index in [9.17, 15) is 4.79 Å². The molecule has 16 heavy (non-hydrogen) atoms. The van der Waals surface area contributed by atoms with E-state index in [1.807, 2.05) is 6.92 Å². The van der Waals surface area contributed by atoms with Gasteiger partial charge in [0.2, 0.25) is 0 Å². The lowest BCUT2D eigenvalue weighted by Crippen LogP contribution is -2.12. The molecule has 0 aliphatic rings. The molecule has 0 bridgehead atoms. The maximum absolute atomic E-state index is 11.3. The summed E-state index contributed by atoms with van der Waals surface area (Å²) in [5.74, 6) is -0.189. The molecule has 1 atom stereocenters. The number of imidazole rings is 1. The number of esters is 1. The molecule has 90 valence electrons. The molecule has 0 amide bonds. The lowest BCUT2D eigenvalue weighted by atomic mass is 10.2. The number of nitrogen functional groups attached to an aromatic ring is 1. The molecular formula is C10H17N3O3. The minimum Gasteiger partial charge on any atom is -0.464 e. The van der Waals surface area contributed by atoms with Crippen LogP contribution in [0.3, 0.4) is 0 Å². The molecule has 6 heteroatoms. The molecule has 0 aliphatic carbocycles. The lowest BCUT2D eigenvalue weighted by molar-refractivity contribution is 0.0596. The molecular weight excluding hydrogens is 210 g/mol. The Balaban J connectivity index is 2.82. The van der Waals surface area contributed by atoms with E-state index in [4.69, 9.17) is 10.5 Å². The zero-order valence-corrected chi connectivity index (χ0v) is 9.77. The van der Waals surface area contributed by atoms with Crippen molar-refractivity contribution in [1.29, 1.82) is 0 Å². The predicted molar refractivity (Wildman–Crippen MR) is 59.2 cm³/mol. The van der Waals surface area contributed by atoms with E-state index in [0.717, 1.165) is 6.42 Å². The van der Waals surface area contributed by atoms with Crippen molar-refractivity contribution in [2.24, 2.45) is 0 Å². The highest BCUT2D eigenvalue weighted by molar-refractivity contribution is 5.92. The maximum Gasteiger partial charge on any atom is 0.360 e. The quantitative estimate of drug-likeness (QED) is 0.754. The normalized spacial score (nSPS) is 12.4. The van der Waals surface area contributed by atoms with Crippen LogP contribution in [0.5, 0.6) is 0 Å². The summed E-state index contributed by atoms with van der Waals surface area (Å²) in [6.07, 6.45) is 2.35. The van der Waals surface area contributed by atoms with Crippen LogP contribution >= 0.6 is 0 Å². The molecule has 2 N–H and O–H groups in total. The molecule has 0 aliphatic heterocycles. The van der Waals surface area contributed by atoms with Crippen molar-refractivity contribution in [2.45, 2.75) is 19.4 Å². The van der Waals surface area contributed by atoms with Crippen molar-refractivity contribution in [3.63, 3.8) is 0 Å². The zero-order chi connectivity index (χ0) is 12.1. The van der Waals surface area contributed by atoms with Gasteiger partial charge < -0.3 is 19.8 Å². The molecule has 1 heterocycles. The van der Waals surface area contributed by atoms with Gasteiger partial charge in [0.15, 0.2) is 5.69 Å². The van der Waals surface area contributed by atoms with Crippen LogP contribution in [0.15, 0.2) is 6.33 Å². The molecule has 1 rings (SSSR count). The molecule has 0 radical (unpaired) electrons. The number of hydrogen-bond acceptors (Lipinski definition) is 5. The number of rotatable bonds is 5. The summed E-state index contributed by atoms with van der Waals surface area (Å²) in [6.45, 7) is 2.62. The number of aromatic nitrogens is 2. The van der Waals surface area contributed by atoms with Crippen LogP contribution in [0.4, 0.5) is 5.82 Å². The highest BCUT2D eigenvalue weighted by atomic mass is 16.5. The van der Waals surface area contributed by atoms with Crippen LogP contribution in [0, 0.1) is 0 Å². The van der Waals surface area contributed by atoms with E-state index in [1.165, 1.54) is 7.11 Å². The van der Waals surface area contributed by atoms with Gasteiger partial charge >= 0.3 is 5.97 Å². The molecule has 0 saturated heterocycles. The Morgan fingerprint density at radius 1 is 1.62 bits per heavy atom. The van der Waals surface area contributed by atoms with E-state index in [1.54, 1.807) is 18.0 Å². The van der Waals surface area contributed by atoms with Crippen LogP contribution in [-0.4, -0.2) is 36.3 Å². The van der Waals surface area contributed by atoms with E-state index in [-0.39, 0.29) is 11.7 Å². The fraction of sp³-hybridized carbons (Fsp3) is 0.600. The third-order valence-electron chi connectivity index (χ3n) is 2.43. The Hall–Kier alpha value is -1.56. The summed E-state index contributed by atoms with van der Waals surface area (Å²) in [6, 6.07) is 0.130. The monoisotopic (exact) mass is 227 g/mol. The first kappa shape index (κ1) is 12.5. The van der Waals surface area contributed by atoms with Gasteiger partial charge in [0.1, 0.15) is 5.82 Å². The van der Waals surface area contributed by atoms with Gasteiger partial charge in [0.05, 0.1) is 13.4 Å². The SMILES string of the molecule is COCCC(C)n1cnc(C(=O)OC)c1N. The second-order valence-corrected chi connectivity index (χ2v) is 3.51. The number of methoxy groups -OCH3 is 2. The van der Waals surface area contributed by atoms with E-state index >= 15 is 0 Å². The van der Waals surface area contributed by atoms with Crippen LogP contribution in [0.25, 0.3) is 0 Å². The Morgan fingerprint density at radius 2 is 2.31 bits per heavy atom. The topological polar surface area (TPSA) is 79.4 Å². The van der Waals surface area contributed by atoms with Crippen molar-refractivity contribution in [3.8, 4) is 0 Å². The fourth-order valence-corrected chi connectivity index (χ4v) is 1.40. The predicted octanol–water partition coefficient (Wildman–Crippen LogP) is 0.849. The Bertz CT molecular complexity index is 362. The highest BCUT2D eigenvalue weighted by Gasteiger charge is 2.18. The Morgan fingerprint density at radius 3 is 2.88 bits per heavy atom. The summed E-state index contributed by atoms with van der Waals surface area (Å²) in [5, 5.41) is 0. The van der Waals surface area contributed by atoms with Gasteiger partial charge in [-0.05, 0) is 13.3 Å². The first-order valence-corrected chi connectivity index (χ1v) is 5.01. The number of nitrogens with zero attached hydrogens (tertiary/aromatic N) is 2. The van der Waals surface area contributed by atoms with Gasteiger partial charge in [0.25, 0.3) is 0 Å². The number of ether oxygens (including phenoxy) is 2. The smallest absolute Gasteiger partial charge is 0.360 e. The second kappa shape index (κ2) is 5.50. The van der Waals surface area contributed by atoms with Crippen LogP contribution in [-0.2, 0) is 9.47 Å². The van der Waals surface area contributed by atoms with Crippen LogP contribution < -0.4 is 5.73 Å². The number of anilines is 1. The number of carbonyl (C=O) groups is 1. The Labute approximate surface area is 94.4 Å². The summed E-state index contributed by atoms with van der Waals surface area (Å²) >= 11 is 0. The molecule has 6 nitrogen and oxygen atoms in total. The third kappa shape index (κ3) is 2.52. The minimum atomic E-state index is -0.518. The average Bonchev–Trinajstić information content (AvgIpc) is 2.67. The van der Waals surface area contributed by atoms with E-state index in [2.05, 4.69) is 9.72 Å². The molecule has 1 aromatic heterocycles. The lowest BCUT2D eigenvalue weighted by Gasteiger charge is -2.14. The van der Waals surface area contributed by atoms with Gasteiger partial charge in [-0.3, -0.25) is 0 Å². The molecule has 0 saturated carbocycles. The number of nitrogens with two attached hydrogens (primary N) is 1. The molecule has 0 spiro atoms. The van der Waals surface area contributed by atoms with Gasteiger partial charge in [0, 0.05) is 19.8 Å². The fourth-order valence-electron chi connectivity index (χ4n) is 1.40. The molecule has 0 fully saturated rings. The molecule has 1 unspecified atom stereocenters. The van der Waals surface area contributed by atoms with Crippen molar-refractivity contribution in [2.75, 3.05) is 26.6 Å². The van der Waals surface area contributed by atoms with E-state index < -0.39 is 5.97 Å². The highest BCUT2D eigenvalue weighted by Crippen LogP contribution is 2.19. The van der Waals surface area contributed by atoms with Gasteiger partial charge in [-0.25, -0.2) is 9.78 Å². The molecule has 1 aromatic rings. The number of carbonyl (C=O) groups excluding carboxylic acids is 1. The van der Waals surface area contributed by atoms with Crippen molar-refractivity contribution < 1.29 is 14.3 Å².